The maximum atomic E-state index is 13.0. The number of anilines is 2. The van der Waals surface area contributed by atoms with Crippen LogP contribution in [0.25, 0.3) is 0 Å². The number of carbonyl (C=O) groups excluding carboxylic acids is 1. The molecule has 0 atom stereocenters. The minimum Gasteiger partial charge on any atom is -0.376 e. The molecule has 0 heterocycles. The summed E-state index contributed by atoms with van der Waals surface area (Å²) in [6, 6.07) is 8.29. The molecule has 128 valence electrons. The van der Waals surface area contributed by atoms with Gasteiger partial charge >= 0.3 is 6.18 Å². The Bertz CT molecular complexity index is 763. The van der Waals surface area contributed by atoms with Crippen molar-refractivity contribution < 1.29 is 18.0 Å². The van der Waals surface area contributed by atoms with E-state index in [9.17, 15) is 18.0 Å². The lowest BCUT2D eigenvalue weighted by atomic mass is 10.1. The normalized spacial score (nSPS) is 11.2. The highest BCUT2D eigenvalue weighted by Crippen LogP contribution is 2.36. The Kier molecular flexibility index (Phi) is 5.62. The first-order valence-corrected chi connectivity index (χ1v) is 7.59. The van der Waals surface area contributed by atoms with Crippen LogP contribution >= 0.6 is 23.2 Å². The number of benzene rings is 2. The van der Waals surface area contributed by atoms with Crippen molar-refractivity contribution >= 4 is 40.5 Å². The second-order valence-electron chi connectivity index (χ2n) is 5.00. The Hall–Kier alpha value is -1.92. The number of halogens is 5. The van der Waals surface area contributed by atoms with Crippen LogP contribution in [0.3, 0.4) is 0 Å². The quantitative estimate of drug-likeness (QED) is 0.752. The lowest BCUT2D eigenvalue weighted by Gasteiger charge is -2.15. The third-order valence-electron chi connectivity index (χ3n) is 3.27. The molecule has 0 aliphatic rings. The Balaban J connectivity index is 2.09. The van der Waals surface area contributed by atoms with Gasteiger partial charge in [-0.15, -0.1) is 0 Å². The Morgan fingerprint density at radius 1 is 1.12 bits per heavy atom. The predicted molar refractivity (Wildman–Crippen MR) is 89.8 cm³/mol. The van der Waals surface area contributed by atoms with E-state index in [2.05, 4.69) is 10.6 Å². The molecule has 2 rings (SSSR count). The van der Waals surface area contributed by atoms with E-state index in [0.29, 0.717) is 10.7 Å². The van der Waals surface area contributed by atoms with E-state index >= 15 is 0 Å². The molecule has 2 N–H and O–H groups in total. The van der Waals surface area contributed by atoms with Crippen molar-refractivity contribution in [2.24, 2.45) is 0 Å². The van der Waals surface area contributed by atoms with Crippen LogP contribution in [0.4, 0.5) is 24.5 Å². The molecular weight excluding hydrogens is 364 g/mol. The molecule has 2 aromatic rings. The molecule has 0 fully saturated rings. The Morgan fingerprint density at radius 2 is 1.83 bits per heavy atom. The van der Waals surface area contributed by atoms with Crippen LogP contribution in [0.5, 0.6) is 0 Å². The lowest BCUT2D eigenvalue weighted by Crippen LogP contribution is -2.23. The van der Waals surface area contributed by atoms with Gasteiger partial charge in [0.05, 0.1) is 17.8 Å². The average molecular weight is 377 g/mol. The largest absolute Gasteiger partial charge is 0.418 e. The van der Waals surface area contributed by atoms with Crippen LogP contribution in [0, 0.1) is 6.92 Å². The van der Waals surface area contributed by atoms with Crippen LogP contribution in [-0.4, -0.2) is 12.5 Å². The minimum absolute atomic E-state index is 0.0620. The van der Waals surface area contributed by atoms with Gasteiger partial charge in [0.1, 0.15) is 0 Å². The fourth-order valence-corrected chi connectivity index (χ4v) is 2.38. The van der Waals surface area contributed by atoms with Crippen molar-refractivity contribution in [1.82, 2.24) is 0 Å². The molecule has 0 aliphatic heterocycles. The highest BCUT2D eigenvalue weighted by molar-refractivity contribution is 6.31. The molecule has 2 aromatic carbocycles. The highest BCUT2D eigenvalue weighted by atomic mass is 35.5. The summed E-state index contributed by atoms with van der Waals surface area (Å²) < 4.78 is 39.0. The van der Waals surface area contributed by atoms with E-state index in [1.54, 1.807) is 25.1 Å². The lowest BCUT2D eigenvalue weighted by molar-refractivity contribution is -0.137. The van der Waals surface area contributed by atoms with E-state index in [0.717, 1.165) is 17.7 Å². The summed E-state index contributed by atoms with van der Waals surface area (Å²) in [6.07, 6.45) is -4.62. The summed E-state index contributed by atoms with van der Waals surface area (Å²) in [5.41, 5.74) is 0.0306. The number of hydrogen-bond donors (Lipinski definition) is 2. The van der Waals surface area contributed by atoms with Crippen molar-refractivity contribution in [1.29, 1.82) is 0 Å². The second-order valence-corrected chi connectivity index (χ2v) is 5.85. The molecule has 0 saturated carbocycles. The Labute approximate surface area is 146 Å². The first-order valence-electron chi connectivity index (χ1n) is 6.84. The molecule has 0 spiro atoms. The molecule has 3 nitrogen and oxygen atoms in total. The molecule has 0 aromatic heterocycles. The van der Waals surface area contributed by atoms with Crippen LogP contribution in [-0.2, 0) is 11.0 Å². The van der Waals surface area contributed by atoms with Gasteiger partial charge in [-0.25, -0.2) is 0 Å². The second kappa shape index (κ2) is 7.32. The molecule has 1 amide bonds. The van der Waals surface area contributed by atoms with Gasteiger partial charge in [-0.1, -0.05) is 29.3 Å². The molecule has 0 radical (unpaired) electrons. The van der Waals surface area contributed by atoms with Crippen molar-refractivity contribution in [3.63, 3.8) is 0 Å². The first kappa shape index (κ1) is 18.4. The van der Waals surface area contributed by atoms with Gasteiger partial charge in [0.2, 0.25) is 5.91 Å². The molecule has 0 bridgehead atoms. The topological polar surface area (TPSA) is 41.1 Å². The molecule has 0 aliphatic carbocycles. The fraction of sp³-hybridized carbons (Fsp3) is 0.188. The summed E-state index contributed by atoms with van der Waals surface area (Å²) in [6.45, 7) is 1.56. The van der Waals surface area contributed by atoms with Crippen molar-refractivity contribution in [2.45, 2.75) is 13.1 Å². The highest BCUT2D eigenvalue weighted by Gasteiger charge is 2.34. The van der Waals surface area contributed by atoms with Crippen LogP contribution < -0.4 is 10.6 Å². The zero-order valence-corrected chi connectivity index (χ0v) is 14.0. The molecule has 0 saturated heterocycles. The standard InChI is InChI=1S/C16H13Cl2F3N2O/c1-9-12(18)3-2-4-13(9)22-8-15(24)23-14-6-5-10(17)7-11(14)16(19,20)21/h2-7,22H,8H2,1H3,(H,23,24). The molecular formula is C16H13Cl2F3N2O. The van der Waals surface area contributed by atoms with Gasteiger partial charge in [-0.2, -0.15) is 13.2 Å². The first-order chi connectivity index (χ1) is 11.2. The maximum absolute atomic E-state index is 13.0. The number of alkyl halides is 3. The van der Waals surface area contributed by atoms with Crippen molar-refractivity contribution in [3.8, 4) is 0 Å². The smallest absolute Gasteiger partial charge is 0.376 e. The van der Waals surface area contributed by atoms with Gasteiger partial charge < -0.3 is 10.6 Å². The van der Waals surface area contributed by atoms with Gasteiger partial charge in [0, 0.05) is 15.7 Å². The van der Waals surface area contributed by atoms with E-state index in [-0.39, 0.29) is 17.3 Å². The SMILES string of the molecule is Cc1c(Cl)cccc1NCC(=O)Nc1ccc(Cl)cc1C(F)(F)F. The van der Waals surface area contributed by atoms with Crippen LogP contribution in [0.15, 0.2) is 36.4 Å². The van der Waals surface area contributed by atoms with E-state index < -0.39 is 17.6 Å². The van der Waals surface area contributed by atoms with E-state index in [1.165, 1.54) is 6.07 Å². The molecule has 0 unspecified atom stereocenters. The maximum Gasteiger partial charge on any atom is 0.418 e. The Morgan fingerprint density at radius 3 is 2.50 bits per heavy atom. The number of hydrogen-bond acceptors (Lipinski definition) is 2. The van der Waals surface area contributed by atoms with Gasteiger partial charge in [0.15, 0.2) is 0 Å². The summed E-state index contributed by atoms with van der Waals surface area (Å²) in [5.74, 6) is -0.623. The number of carbonyl (C=O) groups is 1. The minimum atomic E-state index is -4.62. The molecule has 24 heavy (non-hydrogen) atoms. The van der Waals surface area contributed by atoms with Crippen molar-refractivity contribution in [3.05, 3.63) is 57.6 Å². The van der Waals surface area contributed by atoms with Crippen molar-refractivity contribution in [2.75, 3.05) is 17.2 Å². The average Bonchev–Trinajstić information content (AvgIpc) is 2.49. The zero-order valence-electron chi connectivity index (χ0n) is 12.5. The van der Waals surface area contributed by atoms with E-state index in [4.69, 9.17) is 23.2 Å². The predicted octanol–water partition coefficient (Wildman–Crippen LogP) is 5.37. The summed E-state index contributed by atoms with van der Waals surface area (Å²) in [5, 5.41) is 5.54. The number of nitrogens with one attached hydrogen (secondary N) is 2. The summed E-state index contributed by atoms with van der Waals surface area (Å²) in [4.78, 5) is 11.9. The van der Waals surface area contributed by atoms with Crippen LogP contribution in [0.2, 0.25) is 10.0 Å². The fourth-order valence-electron chi connectivity index (χ4n) is 2.03. The summed E-state index contributed by atoms with van der Waals surface area (Å²) in [7, 11) is 0. The van der Waals surface area contributed by atoms with Crippen LogP contribution in [0.1, 0.15) is 11.1 Å². The number of amides is 1. The third kappa shape index (κ3) is 4.55. The zero-order chi connectivity index (χ0) is 17.9. The molecule has 8 heteroatoms. The van der Waals surface area contributed by atoms with E-state index in [1.807, 2.05) is 0 Å². The monoisotopic (exact) mass is 376 g/mol. The number of rotatable bonds is 4. The third-order valence-corrected chi connectivity index (χ3v) is 3.91. The summed E-state index contributed by atoms with van der Waals surface area (Å²) >= 11 is 11.6. The van der Waals surface area contributed by atoms with Gasteiger partial charge in [-0.05, 0) is 42.8 Å². The van der Waals surface area contributed by atoms with Gasteiger partial charge in [0.25, 0.3) is 0 Å². The van der Waals surface area contributed by atoms with Gasteiger partial charge in [-0.3, -0.25) is 4.79 Å².